The summed E-state index contributed by atoms with van der Waals surface area (Å²) < 4.78 is 5.33. The van der Waals surface area contributed by atoms with Gasteiger partial charge in [-0.25, -0.2) is 0 Å². The first-order valence-corrected chi connectivity index (χ1v) is 8.60. The first-order valence-electron chi connectivity index (χ1n) is 7.24. The lowest BCUT2D eigenvalue weighted by Gasteiger charge is -2.20. The fraction of sp³-hybridized carbons (Fsp3) is 0.412. The van der Waals surface area contributed by atoms with Gasteiger partial charge in [-0.1, -0.05) is 44.1 Å². The molecule has 1 aliphatic heterocycles. The van der Waals surface area contributed by atoms with Crippen LogP contribution in [0.5, 0.6) is 5.75 Å². The summed E-state index contributed by atoms with van der Waals surface area (Å²) in [5.74, 6) is 0.981. The minimum absolute atomic E-state index is 0.00207. The van der Waals surface area contributed by atoms with Crippen LogP contribution in [0.3, 0.4) is 0 Å². The smallest absolute Gasteiger partial charge is 0.238 e. The summed E-state index contributed by atoms with van der Waals surface area (Å²) in [5, 5.41) is 1.26. The standard InChI is InChI=1S/C17H20ClNO3S/c1-17(2,3)14(20)8-16-19(15(21)10-23-16)9-11-7-12(18)5-6-13(11)22-4/h5-8H,9-10H2,1-4H3/b16-8-. The van der Waals surface area contributed by atoms with Crippen molar-refractivity contribution in [3.8, 4) is 5.75 Å². The predicted octanol–water partition coefficient (Wildman–Crippen LogP) is 3.88. The van der Waals surface area contributed by atoms with Crippen LogP contribution in [-0.4, -0.2) is 29.5 Å². The molecular weight excluding hydrogens is 334 g/mol. The number of carbonyl (C=O) groups is 2. The summed E-state index contributed by atoms with van der Waals surface area (Å²) in [6, 6.07) is 5.29. The molecule has 1 saturated heterocycles. The van der Waals surface area contributed by atoms with Crippen molar-refractivity contribution in [2.24, 2.45) is 5.41 Å². The SMILES string of the molecule is COc1ccc(Cl)cc1CN1C(=O)CS/C1=C\C(=O)C(C)(C)C. The summed E-state index contributed by atoms with van der Waals surface area (Å²) in [6.45, 7) is 5.91. The molecule has 0 atom stereocenters. The van der Waals surface area contributed by atoms with E-state index in [9.17, 15) is 9.59 Å². The topological polar surface area (TPSA) is 46.6 Å². The molecule has 2 rings (SSSR count). The number of thioether (sulfide) groups is 1. The molecule has 6 heteroatoms. The van der Waals surface area contributed by atoms with Crippen molar-refractivity contribution in [1.29, 1.82) is 0 Å². The highest BCUT2D eigenvalue weighted by atomic mass is 35.5. The van der Waals surface area contributed by atoms with E-state index in [0.29, 0.717) is 28.1 Å². The fourth-order valence-corrected chi connectivity index (χ4v) is 3.20. The molecule has 1 fully saturated rings. The number of carbonyl (C=O) groups excluding carboxylic acids is 2. The second-order valence-electron chi connectivity index (χ2n) is 6.32. The third kappa shape index (κ3) is 4.30. The van der Waals surface area contributed by atoms with Crippen molar-refractivity contribution in [2.45, 2.75) is 27.3 Å². The average Bonchev–Trinajstić information content (AvgIpc) is 2.79. The molecular formula is C17H20ClNO3S. The van der Waals surface area contributed by atoms with Gasteiger partial charge in [0.25, 0.3) is 0 Å². The van der Waals surface area contributed by atoms with Crippen LogP contribution in [0.25, 0.3) is 0 Å². The quantitative estimate of drug-likeness (QED) is 0.771. The highest BCUT2D eigenvalue weighted by molar-refractivity contribution is 8.04. The second-order valence-corrected chi connectivity index (χ2v) is 7.75. The van der Waals surface area contributed by atoms with Crippen molar-refractivity contribution in [2.75, 3.05) is 12.9 Å². The summed E-state index contributed by atoms with van der Waals surface area (Å²) in [4.78, 5) is 26.0. The maximum absolute atomic E-state index is 12.2. The van der Waals surface area contributed by atoms with E-state index in [-0.39, 0.29) is 11.7 Å². The number of hydrogen-bond donors (Lipinski definition) is 0. The largest absolute Gasteiger partial charge is 0.496 e. The maximum Gasteiger partial charge on any atom is 0.238 e. The number of nitrogens with zero attached hydrogens (tertiary/aromatic N) is 1. The van der Waals surface area contributed by atoms with Gasteiger partial charge in [0.05, 0.1) is 24.4 Å². The van der Waals surface area contributed by atoms with Gasteiger partial charge < -0.3 is 9.64 Å². The summed E-state index contributed by atoms with van der Waals surface area (Å²) in [6.07, 6.45) is 1.56. The van der Waals surface area contributed by atoms with Crippen molar-refractivity contribution >= 4 is 35.1 Å². The van der Waals surface area contributed by atoms with E-state index >= 15 is 0 Å². The number of ether oxygens (including phenoxy) is 1. The number of hydrogen-bond acceptors (Lipinski definition) is 4. The molecule has 1 aromatic rings. The summed E-state index contributed by atoms with van der Waals surface area (Å²) >= 11 is 7.43. The minimum Gasteiger partial charge on any atom is -0.496 e. The van der Waals surface area contributed by atoms with E-state index in [2.05, 4.69) is 0 Å². The summed E-state index contributed by atoms with van der Waals surface area (Å²) in [5.41, 5.74) is 0.337. The monoisotopic (exact) mass is 353 g/mol. The van der Waals surface area contributed by atoms with Crippen LogP contribution in [0.1, 0.15) is 26.3 Å². The number of halogens is 1. The average molecular weight is 354 g/mol. The minimum atomic E-state index is -0.474. The molecule has 0 radical (unpaired) electrons. The zero-order valence-electron chi connectivity index (χ0n) is 13.7. The van der Waals surface area contributed by atoms with Crippen molar-refractivity contribution in [3.05, 3.63) is 39.9 Å². The first kappa shape index (κ1) is 17.9. The fourth-order valence-electron chi connectivity index (χ4n) is 2.07. The van der Waals surface area contributed by atoms with Gasteiger partial charge in [0, 0.05) is 22.1 Å². The van der Waals surface area contributed by atoms with Crippen molar-refractivity contribution in [3.63, 3.8) is 0 Å². The zero-order chi connectivity index (χ0) is 17.2. The van der Waals surface area contributed by atoms with E-state index < -0.39 is 5.41 Å². The van der Waals surface area contributed by atoms with Crippen LogP contribution in [0.4, 0.5) is 0 Å². The van der Waals surface area contributed by atoms with Gasteiger partial charge in [0.15, 0.2) is 5.78 Å². The third-order valence-corrected chi connectivity index (χ3v) is 4.74. The molecule has 0 spiro atoms. The number of ketones is 1. The van der Waals surface area contributed by atoms with Gasteiger partial charge >= 0.3 is 0 Å². The Bertz CT molecular complexity index is 664. The maximum atomic E-state index is 12.2. The Morgan fingerprint density at radius 1 is 1.43 bits per heavy atom. The van der Waals surface area contributed by atoms with E-state index in [4.69, 9.17) is 16.3 Å². The van der Waals surface area contributed by atoms with Gasteiger partial charge in [-0.15, -0.1) is 0 Å². The molecule has 1 aliphatic rings. The molecule has 4 nitrogen and oxygen atoms in total. The summed E-state index contributed by atoms with van der Waals surface area (Å²) in [7, 11) is 1.58. The number of amides is 1. The van der Waals surface area contributed by atoms with Gasteiger partial charge in [-0.2, -0.15) is 0 Å². The first-order chi connectivity index (χ1) is 10.7. The highest BCUT2D eigenvalue weighted by Crippen LogP contribution is 2.34. The van der Waals surface area contributed by atoms with E-state index in [1.165, 1.54) is 11.8 Å². The molecule has 0 unspecified atom stereocenters. The number of rotatable bonds is 4. The van der Waals surface area contributed by atoms with Crippen LogP contribution in [-0.2, 0) is 16.1 Å². The Labute approximate surface area is 145 Å². The molecule has 0 bridgehead atoms. The molecule has 1 amide bonds. The van der Waals surface area contributed by atoms with Crippen molar-refractivity contribution < 1.29 is 14.3 Å². The molecule has 1 aromatic carbocycles. The number of allylic oxidation sites excluding steroid dienone is 1. The molecule has 0 N–H and O–H groups in total. The van der Waals surface area contributed by atoms with Gasteiger partial charge in [0.1, 0.15) is 5.75 Å². The lowest BCUT2D eigenvalue weighted by atomic mass is 9.91. The molecule has 0 saturated carbocycles. The predicted molar refractivity (Wildman–Crippen MR) is 93.6 cm³/mol. The Hall–Kier alpha value is -1.46. The zero-order valence-corrected chi connectivity index (χ0v) is 15.3. The van der Waals surface area contributed by atoms with Gasteiger partial charge in [-0.05, 0) is 18.2 Å². The third-order valence-electron chi connectivity index (χ3n) is 3.48. The lowest BCUT2D eigenvalue weighted by molar-refractivity contribution is -0.125. The van der Waals surface area contributed by atoms with Crippen LogP contribution in [0, 0.1) is 5.41 Å². The van der Waals surface area contributed by atoms with Crippen molar-refractivity contribution in [1.82, 2.24) is 4.90 Å². The van der Waals surface area contributed by atoms with Crippen LogP contribution < -0.4 is 4.74 Å². The Morgan fingerprint density at radius 3 is 2.74 bits per heavy atom. The number of benzene rings is 1. The van der Waals surface area contributed by atoms with E-state index in [1.807, 2.05) is 20.8 Å². The molecule has 0 aromatic heterocycles. The lowest BCUT2D eigenvalue weighted by Crippen LogP contribution is -2.26. The van der Waals surface area contributed by atoms with E-state index in [0.717, 1.165) is 5.56 Å². The van der Waals surface area contributed by atoms with E-state index in [1.54, 1.807) is 36.3 Å². The van der Waals surface area contributed by atoms with Crippen LogP contribution in [0.2, 0.25) is 5.02 Å². The Balaban J connectivity index is 2.30. The molecule has 0 aliphatic carbocycles. The Morgan fingerprint density at radius 2 is 2.13 bits per heavy atom. The van der Waals surface area contributed by atoms with Crippen LogP contribution in [0.15, 0.2) is 29.3 Å². The molecule has 23 heavy (non-hydrogen) atoms. The van der Waals surface area contributed by atoms with Gasteiger partial charge in [0.2, 0.25) is 5.91 Å². The normalized spacial score (nSPS) is 17.0. The number of methoxy groups -OCH3 is 1. The highest BCUT2D eigenvalue weighted by Gasteiger charge is 2.30. The second kappa shape index (κ2) is 6.97. The Kier molecular flexibility index (Phi) is 5.42. The van der Waals surface area contributed by atoms with Crippen LogP contribution >= 0.6 is 23.4 Å². The molecule has 124 valence electrons. The van der Waals surface area contributed by atoms with Gasteiger partial charge in [-0.3, -0.25) is 9.59 Å². The molecule has 1 heterocycles.